The van der Waals surface area contributed by atoms with Crippen molar-refractivity contribution in [1.82, 2.24) is 0 Å². The van der Waals surface area contributed by atoms with E-state index in [0.717, 1.165) is 12.8 Å². The average Bonchev–Trinajstić information content (AvgIpc) is 1.94. The summed E-state index contributed by atoms with van der Waals surface area (Å²) in [4.78, 5) is 15.3. The van der Waals surface area contributed by atoms with Gasteiger partial charge in [-0.2, -0.15) is 0 Å². The molecule has 0 bridgehead atoms. The van der Waals surface area contributed by atoms with Crippen molar-refractivity contribution in [2.75, 3.05) is 0 Å². The van der Waals surface area contributed by atoms with Gasteiger partial charge in [-0.25, -0.2) is 4.79 Å². The van der Waals surface area contributed by atoms with Crippen molar-refractivity contribution in [3.8, 4) is 0 Å². The zero-order valence-corrected chi connectivity index (χ0v) is 8.66. The van der Waals surface area contributed by atoms with Crippen LogP contribution in [0.1, 0.15) is 40.5 Å². The number of hydrogen-bond acceptors (Lipinski definition) is 4. The van der Waals surface area contributed by atoms with E-state index < -0.39 is 11.8 Å². The van der Waals surface area contributed by atoms with Gasteiger partial charge in [0.05, 0.1) is 0 Å². The molecule has 0 aliphatic rings. The van der Waals surface area contributed by atoms with E-state index in [2.05, 4.69) is 9.99 Å². The Labute approximate surface area is 78.9 Å². The van der Waals surface area contributed by atoms with Gasteiger partial charge in [-0.1, -0.05) is 18.5 Å². The van der Waals surface area contributed by atoms with Crippen LogP contribution in [0.5, 0.6) is 0 Å². The summed E-state index contributed by atoms with van der Waals surface area (Å²) in [5, 5.41) is 3.45. The molecule has 0 unspecified atom stereocenters. The van der Waals surface area contributed by atoms with Crippen molar-refractivity contribution < 1.29 is 14.4 Å². The number of oxime groups is 1. The normalized spacial score (nSPS) is 11.7. The molecule has 0 N–H and O–H groups in total. The monoisotopic (exact) mass is 187 g/mol. The van der Waals surface area contributed by atoms with Gasteiger partial charge in [0.15, 0.2) is 0 Å². The SMILES string of the molecule is CCCC=NOC(=O)OC(C)(C)C. The van der Waals surface area contributed by atoms with Crippen LogP contribution in [-0.4, -0.2) is 18.0 Å². The van der Waals surface area contributed by atoms with Crippen LogP contribution in [0, 0.1) is 0 Å². The highest BCUT2D eigenvalue weighted by atomic mass is 16.8. The first kappa shape index (κ1) is 11.9. The third-order valence-corrected chi connectivity index (χ3v) is 1.01. The molecule has 0 aromatic heterocycles. The average molecular weight is 187 g/mol. The summed E-state index contributed by atoms with van der Waals surface area (Å²) in [5.74, 6) is 0. The van der Waals surface area contributed by atoms with E-state index in [0.29, 0.717) is 0 Å². The van der Waals surface area contributed by atoms with Gasteiger partial charge in [0.2, 0.25) is 0 Å². The van der Waals surface area contributed by atoms with Crippen molar-refractivity contribution in [2.45, 2.75) is 46.1 Å². The summed E-state index contributed by atoms with van der Waals surface area (Å²) in [6.45, 7) is 7.32. The summed E-state index contributed by atoms with van der Waals surface area (Å²) in [6, 6.07) is 0. The molecule has 0 aromatic rings. The molecule has 4 heteroatoms. The molecule has 0 fully saturated rings. The zero-order valence-electron chi connectivity index (χ0n) is 8.66. The molecule has 0 aliphatic carbocycles. The molecule has 0 saturated heterocycles. The van der Waals surface area contributed by atoms with E-state index in [9.17, 15) is 4.79 Å². The second-order valence-electron chi connectivity index (χ2n) is 3.63. The summed E-state index contributed by atoms with van der Waals surface area (Å²) < 4.78 is 4.84. The van der Waals surface area contributed by atoms with Gasteiger partial charge < -0.3 is 4.74 Å². The molecule has 0 radical (unpaired) electrons. The second-order valence-corrected chi connectivity index (χ2v) is 3.63. The van der Waals surface area contributed by atoms with Gasteiger partial charge in [0.1, 0.15) is 5.60 Å². The molecule has 0 atom stereocenters. The van der Waals surface area contributed by atoms with Crippen molar-refractivity contribution >= 4 is 12.4 Å². The minimum atomic E-state index is -0.764. The standard InChI is InChI=1S/C9H17NO3/c1-5-6-7-10-13-8(11)12-9(2,3)4/h7H,5-6H2,1-4H3. The summed E-state index contributed by atoms with van der Waals surface area (Å²) in [7, 11) is 0. The fourth-order valence-electron chi connectivity index (χ4n) is 0.531. The minimum absolute atomic E-state index is 0.530. The highest BCUT2D eigenvalue weighted by molar-refractivity contribution is 5.62. The van der Waals surface area contributed by atoms with E-state index in [1.807, 2.05) is 6.92 Å². The molecule has 4 nitrogen and oxygen atoms in total. The fraction of sp³-hybridized carbons (Fsp3) is 0.778. The van der Waals surface area contributed by atoms with Gasteiger partial charge in [-0.15, -0.1) is 0 Å². The Hall–Kier alpha value is -1.06. The van der Waals surface area contributed by atoms with E-state index in [4.69, 9.17) is 4.74 Å². The first-order valence-corrected chi connectivity index (χ1v) is 4.37. The highest BCUT2D eigenvalue weighted by Gasteiger charge is 2.17. The molecule has 76 valence electrons. The third kappa shape index (κ3) is 8.85. The van der Waals surface area contributed by atoms with E-state index in [1.54, 1.807) is 27.0 Å². The third-order valence-electron chi connectivity index (χ3n) is 1.01. The maximum absolute atomic E-state index is 10.9. The lowest BCUT2D eigenvalue weighted by Gasteiger charge is -2.16. The Morgan fingerprint density at radius 1 is 1.46 bits per heavy atom. The smallest absolute Gasteiger partial charge is 0.427 e. The van der Waals surface area contributed by atoms with Crippen LogP contribution < -0.4 is 0 Å². The number of unbranched alkanes of at least 4 members (excludes halogenated alkanes) is 1. The Kier molecular flexibility index (Phi) is 5.11. The van der Waals surface area contributed by atoms with Gasteiger partial charge in [-0.3, -0.25) is 4.84 Å². The first-order valence-electron chi connectivity index (χ1n) is 4.37. The van der Waals surface area contributed by atoms with Crippen LogP contribution in [-0.2, 0) is 9.57 Å². The number of hydrogen-bond donors (Lipinski definition) is 0. The number of carbonyl (C=O) groups excluding carboxylic acids is 1. The number of carbonyl (C=O) groups is 1. The van der Waals surface area contributed by atoms with Crippen molar-refractivity contribution in [3.05, 3.63) is 0 Å². The van der Waals surface area contributed by atoms with Gasteiger partial charge in [0, 0.05) is 6.21 Å². The molecule has 0 amide bonds. The molecular weight excluding hydrogens is 170 g/mol. The molecule has 0 aromatic carbocycles. The zero-order chi connectivity index (χ0) is 10.3. The van der Waals surface area contributed by atoms with Crippen LogP contribution in [0.2, 0.25) is 0 Å². The van der Waals surface area contributed by atoms with Crippen molar-refractivity contribution in [2.24, 2.45) is 5.16 Å². The second kappa shape index (κ2) is 5.56. The number of ether oxygens (including phenoxy) is 1. The number of nitrogens with zero attached hydrogens (tertiary/aromatic N) is 1. The Balaban J connectivity index is 3.64. The topological polar surface area (TPSA) is 47.9 Å². The molecule has 0 heterocycles. The predicted molar refractivity (Wildman–Crippen MR) is 50.7 cm³/mol. The highest BCUT2D eigenvalue weighted by Crippen LogP contribution is 2.07. The lowest BCUT2D eigenvalue weighted by molar-refractivity contribution is -0.00602. The van der Waals surface area contributed by atoms with E-state index in [-0.39, 0.29) is 0 Å². The molecule has 0 saturated carbocycles. The van der Waals surface area contributed by atoms with Gasteiger partial charge in [0.25, 0.3) is 0 Å². The minimum Gasteiger partial charge on any atom is -0.427 e. The van der Waals surface area contributed by atoms with Gasteiger partial charge >= 0.3 is 6.16 Å². The largest absolute Gasteiger partial charge is 0.535 e. The molecular formula is C9H17NO3. The summed E-state index contributed by atoms with van der Waals surface area (Å²) >= 11 is 0. The molecule has 13 heavy (non-hydrogen) atoms. The molecule has 0 spiro atoms. The Morgan fingerprint density at radius 3 is 2.54 bits per heavy atom. The van der Waals surface area contributed by atoms with Crippen LogP contribution in [0.3, 0.4) is 0 Å². The lowest BCUT2D eigenvalue weighted by atomic mass is 10.2. The van der Waals surface area contributed by atoms with Crippen LogP contribution >= 0.6 is 0 Å². The van der Waals surface area contributed by atoms with E-state index >= 15 is 0 Å². The van der Waals surface area contributed by atoms with Crippen LogP contribution in [0.25, 0.3) is 0 Å². The van der Waals surface area contributed by atoms with Crippen molar-refractivity contribution in [1.29, 1.82) is 0 Å². The van der Waals surface area contributed by atoms with Crippen LogP contribution in [0.4, 0.5) is 4.79 Å². The maximum Gasteiger partial charge on any atom is 0.535 e. The first-order chi connectivity index (χ1) is 5.95. The summed E-state index contributed by atoms with van der Waals surface area (Å²) in [5.41, 5.74) is -0.530. The lowest BCUT2D eigenvalue weighted by Crippen LogP contribution is -2.23. The van der Waals surface area contributed by atoms with Crippen molar-refractivity contribution in [3.63, 3.8) is 0 Å². The maximum atomic E-state index is 10.9. The van der Waals surface area contributed by atoms with Crippen LogP contribution in [0.15, 0.2) is 5.16 Å². The fourth-order valence-corrected chi connectivity index (χ4v) is 0.531. The molecule has 0 aliphatic heterocycles. The van der Waals surface area contributed by atoms with Gasteiger partial charge in [-0.05, 0) is 27.2 Å². The quantitative estimate of drug-likeness (QED) is 0.295. The summed E-state index contributed by atoms with van der Waals surface area (Å²) in [6.07, 6.45) is 2.55. The predicted octanol–water partition coefficient (Wildman–Crippen LogP) is 2.72. The Morgan fingerprint density at radius 2 is 2.08 bits per heavy atom. The number of rotatable bonds is 3. The Bertz CT molecular complexity index is 182. The van der Waals surface area contributed by atoms with E-state index in [1.165, 1.54) is 0 Å². The molecule has 0 rings (SSSR count).